The Balaban J connectivity index is 2.04. The van der Waals surface area contributed by atoms with Crippen LogP contribution in [0, 0.1) is 34.5 Å². The first kappa shape index (κ1) is 15.3. The molecule has 0 aromatic carbocycles. The van der Waals surface area contributed by atoms with E-state index in [-0.39, 0.29) is 35.2 Å². The lowest BCUT2D eigenvalue weighted by atomic mass is 9.61. The van der Waals surface area contributed by atoms with Crippen LogP contribution < -0.4 is 11.1 Å². The van der Waals surface area contributed by atoms with Gasteiger partial charge in [0.15, 0.2) is 0 Å². The summed E-state index contributed by atoms with van der Waals surface area (Å²) in [6.07, 6.45) is 4.66. The number of nitriles is 1. The third kappa shape index (κ3) is 2.69. The van der Waals surface area contributed by atoms with Gasteiger partial charge in [-0.25, -0.2) is 0 Å². The van der Waals surface area contributed by atoms with Crippen molar-refractivity contribution in [3.05, 3.63) is 0 Å². The van der Waals surface area contributed by atoms with Crippen molar-refractivity contribution in [1.82, 2.24) is 5.32 Å². The van der Waals surface area contributed by atoms with E-state index in [1.807, 2.05) is 0 Å². The first-order valence-corrected chi connectivity index (χ1v) is 7.83. The number of nitrogens with two attached hydrogens (primary N) is 1. The molecule has 1 amide bonds. The summed E-state index contributed by atoms with van der Waals surface area (Å²) in [5, 5.41) is 12.3. The standard InChI is InChI=1S/C16H27N3O/c1-10-13(18)8-7-12(16(10,2)3)15(20)19-14-6-4-5-11(14)9-17/h10-14H,4-8,18H2,1-3H3,(H,19,20). The van der Waals surface area contributed by atoms with E-state index < -0.39 is 0 Å². The van der Waals surface area contributed by atoms with Gasteiger partial charge in [-0.3, -0.25) is 4.79 Å². The van der Waals surface area contributed by atoms with Crippen LogP contribution in [0.3, 0.4) is 0 Å². The molecule has 2 aliphatic carbocycles. The Morgan fingerprint density at radius 1 is 1.30 bits per heavy atom. The smallest absolute Gasteiger partial charge is 0.223 e. The first-order chi connectivity index (χ1) is 9.37. The maximum atomic E-state index is 12.6. The van der Waals surface area contributed by atoms with Crippen LogP contribution in [0.4, 0.5) is 0 Å². The van der Waals surface area contributed by atoms with Crippen LogP contribution in [-0.4, -0.2) is 18.0 Å². The molecule has 2 saturated carbocycles. The van der Waals surface area contributed by atoms with E-state index in [2.05, 4.69) is 32.2 Å². The predicted octanol–water partition coefficient (Wildman–Crippen LogP) is 2.19. The highest BCUT2D eigenvalue weighted by atomic mass is 16.2. The minimum atomic E-state index is -0.0809. The molecule has 0 radical (unpaired) electrons. The highest BCUT2D eigenvalue weighted by Gasteiger charge is 2.45. The van der Waals surface area contributed by atoms with Crippen LogP contribution in [0.5, 0.6) is 0 Å². The van der Waals surface area contributed by atoms with E-state index in [4.69, 9.17) is 11.0 Å². The van der Waals surface area contributed by atoms with Crippen molar-refractivity contribution in [3.63, 3.8) is 0 Å². The molecule has 4 nitrogen and oxygen atoms in total. The number of amides is 1. The fourth-order valence-electron chi connectivity index (χ4n) is 3.89. The van der Waals surface area contributed by atoms with Gasteiger partial charge in [-0.1, -0.05) is 20.8 Å². The fraction of sp³-hybridized carbons (Fsp3) is 0.875. The highest BCUT2D eigenvalue weighted by Crippen LogP contribution is 2.44. The summed E-state index contributed by atoms with van der Waals surface area (Å²) in [6.45, 7) is 6.45. The Kier molecular flexibility index (Phi) is 4.39. The Morgan fingerprint density at radius 3 is 2.65 bits per heavy atom. The van der Waals surface area contributed by atoms with E-state index >= 15 is 0 Å². The molecule has 0 spiro atoms. The van der Waals surface area contributed by atoms with Gasteiger partial charge in [0.25, 0.3) is 0 Å². The lowest BCUT2D eigenvalue weighted by molar-refractivity contribution is -0.133. The fourth-order valence-corrected chi connectivity index (χ4v) is 3.89. The molecule has 0 heterocycles. The van der Waals surface area contributed by atoms with Gasteiger partial charge in [-0.05, 0) is 43.4 Å². The highest BCUT2D eigenvalue weighted by molar-refractivity contribution is 5.80. The lowest BCUT2D eigenvalue weighted by Gasteiger charge is -2.46. The predicted molar refractivity (Wildman–Crippen MR) is 78.5 cm³/mol. The molecule has 4 heteroatoms. The number of nitrogens with one attached hydrogen (secondary N) is 1. The van der Waals surface area contributed by atoms with E-state index in [1.54, 1.807) is 0 Å². The Labute approximate surface area is 122 Å². The largest absolute Gasteiger partial charge is 0.352 e. The van der Waals surface area contributed by atoms with Gasteiger partial charge in [0.05, 0.1) is 12.0 Å². The van der Waals surface area contributed by atoms with E-state index in [0.717, 1.165) is 32.1 Å². The number of hydrogen-bond acceptors (Lipinski definition) is 3. The second kappa shape index (κ2) is 5.73. The molecule has 5 atom stereocenters. The molecule has 0 saturated heterocycles. The van der Waals surface area contributed by atoms with Crippen LogP contribution in [-0.2, 0) is 4.79 Å². The maximum absolute atomic E-state index is 12.6. The van der Waals surface area contributed by atoms with Crippen molar-refractivity contribution in [3.8, 4) is 6.07 Å². The second-order valence-corrected chi connectivity index (χ2v) is 7.19. The van der Waals surface area contributed by atoms with Crippen LogP contribution in [0.2, 0.25) is 0 Å². The SMILES string of the molecule is CC1C(N)CCC(C(=O)NC2CCCC2C#N)C1(C)C. The van der Waals surface area contributed by atoms with Gasteiger partial charge >= 0.3 is 0 Å². The zero-order chi connectivity index (χ0) is 14.9. The van der Waals surface area contributed by atoms with Crippen molar-refractivity contribution >= 4 is 5.91 Å². The number of nitrogens with zero attached hydrogens (tertiary/aromatic N) is 1. The molecule has 0 aromatic heterocycles. The number of rotatable bonds is 2. The van der Waals surface area contributed by atoms with Gasteiger partial charge < -0.3 is 11.1 Å². The first-order valence-electron chi connectivity index (χ1n) is 7.83. The summed E-state index contributed by atoms with van der Waals surface area (Å²) in [4.78, 5) is 12.6. The van der Waals surface area contributed by atoms with Crippen molar-refractivity contribution < 1.29 is 4.79 Å². The van der Waals surface area contributed by atoms with E-state index in [0.29, 0.717) is 5.92 Å². The molecule has 112 valence electrons. The summed E-state index contributed by atoms with van der Waals surface area (Å²) in [6, 6.07) is 2.56. The maximum Gasteiger partial charge on any atom is 0.223 e. The van der Waals surface area contributed by atoms with Crippen LogP contribution in [0.25, 0.3) is 0 Å². The molecule has 20 heavy (non-hydrogen) atoms. The molecule has 3 N–H and O–H groups in total. The van der Waals surface area contributed by atoms with Crippen LogP contribution >= 0.6 is 0 Å². The molecule has 0 bridgehead atoms. The average molecular weight is 277 g/mol. The summed E-state index contributed by atoms with van der Waals surface area (Å²) in [7, 11) is 0. The van der Waals surface area contributed by atoms with Crippen molar-refractivity contribution in [2.75, 3.05) is 0 Å². The van der Waals surface area contributed by atoms with E-state index in [1.165, 1.54) is 0 Å². The molecule has 2 rings (SSSR count). The molecule has 2 fully saturated rings. The molecular weight excluding hydrogens is 250 g/mol. The average Bonchev–Trinajstić information content (AvgIpc) is 2.83. The summed E-state index contributed by atoms with van der Waals surface area (Å²) < 4.78 is 0. The number of hydrogen-bond donors (Lipinski definition) is 2. The van der Waals surface area contributed by atoms with Gasteiger partial charge in [0, 0.05) is 18.0 Å². The van der Waals surface area contributed by atoms with Crippen LogP contribution in [0.15, 0.2) is 0 Å². The quantitative estimate of drug-likeness (QED) is 0.812. The molecular formula is C16H27N3O. The Bertz CT molecular complexity index is 412. The topological polar surface area (TPSA) is 78.9 Å². The third-order valence-corrected chi connectivity index (χ3v) is 5.83. The molecule has 0 aromatic rings. The zero-order valence-electron chi connectivity index (χ0n) is 12.9. The molecule has 2 aliphatic rings. The summed E-state index contributed by atoms with van der Waals surface area (Å²) in [5.41, 5.74) is 6.07. The van der Waals surface area contributed by atoms with Crippen LogP contribution in [0.1, 0.15) is 52.9 Å². The van der Waals surface area contributed by atoms with Gasteiger partial charge in [-0.2, -0.15) is 5.26 Å². The van der Waals surface area contributed by atoms with Gasteiger partial charge in [0.1, 0.15) is 0 Å². The minimum Gasteiger partial charge on any atom is -0.352 e. The zero-order valence-corrected chi connectivity index (χ0v) is 12.9. The van der Waals surface area contributed by atoms with E-state index in [9.17, 15) is 4.79 Å². The monoisotopic (exact) mass is 277 g/mol. The number of carbonyl (C=O) groups excluding carboxylic acids is 1. The number of carbonyl (C=O) groups is 1. The normalized spacial score (nSPS) is 40.0. The van der Waals surface area contributed by atoms with Crippen molar-refractivity contribution in [2.24, 2.45) is 28.9 Å². The van der Waals surface area contributed by atoms with Gasteiger partial charge in [-0.15, -0.1) is 0 Å². The second-order valence-electron chi connectivity index (χ2n) is 7.19. The minimum absolute atomic E-state index is 0.00895. The van der Waals surface area contributed by atoms with Crippen molar-refractivity contribution in [2.45, 2.75) is 65.0 Å². The molecule has 0 aliphatic heterocycles. The third-order valence-electron chi connectivity index (χ3n) is 5.83. The van der Waals surface area contributed by atoms with Crippen molar-refractivity contribution in [1.29, 1.82) is 5.26 Å². The Hall–Kier alpha value is -1.08. The lowest BCUT2D eigenvalue weighted by Crippen LogP contribution is -2.53. The summed E-state index contributed by atoms with van der Waals surface area (Å²) in [5.74, 6) is 0.464. The molecule has 5 unspecified atom stereocenters. The Morgan fingerprint density at radius 2 is 2.00 bits per heavy atom. The van der Waals surface area contributed by atoms with Gasteiger partial charge in [0.2, 0.25) is 5.91 Å². The summed E-state index contributed by atoms with van der Waals surface area (Å²) >= 11 is 0.